The average Bonchev–Trinajstić information content (AvgIpc) is 2.28. The van der Waals surface area contributed by atoms with Gasteiger partial charge in [0.2, 0.25) is 0 Å². The van der Waals surface area contributed by atoms with E-state index >= 15 is 0 Å². The highest BCUT2D eigenvalue weighted by molar-refractivity contribution is 5.84. The molecule has 0 saturated heterocycles. The van der Waals surface area contributed by atoms with Crippen LogP contribution in [-0.4, -0.2) is 74.1 Å². The van der Waals surface area contributed by atoms with Crippen LogP contribution in [0, 0.1) is 0 Å². The second kappa shape index (κ2) is 7.13. The first-order chi connectivity index (χ1) is 10.7. The molecule has 0 heterocycles. The molecule has 0 aliphatic carbocycles. The zero-order valence-corrected chi connectivity index (χ0v) is 13.2. The minimum Gasteiger partial charge on any atom is -0.350 e. The summed E-state index contributed by atoms with van der Waals surface area (Å²) in [5.41, 5.74) is 0. The molecule has 0 atom stereocenters. The smallest absolute Gasteiger partial charge is 0.350 e. The second-order valence-electron chi connectivity index (χ2n) is 6.01. The molecule has 150 valence electrons. The van der Waals surface area contributed by atoms with E-state index in [1.807, 2.05) is 0 Å². The van der Waals surface area contributed by atoms with Crippen molar-refractivity contribution < 1.29 is 53.2 Å². The fourth-order valence-electron chi connectivity index (χ4n) is 1.61. The lowest BCUT2D eigenvalue weighted by atomic mass is 10.2. The maximum atomic E-state index is 13.4. The van der Waals surface area contributed by atoms with Crippen molar-refractivity contribution in [3.05, 3.63) is 0 Å². The number of quaternary nitrogens is 1. The summed E-state index contributed by atoms with van der Waals surface area (Å²) in [5, 5.41) is 1.22. The Labute approximate surface area is 135 Å². The normalized spacial score (nSPS) is 14.8. The van der Waals surface area contributed by atoms with E-state index in [0.717, 1.165) is 0 Å². The number of amides is 1. The molecule has 0 spiro atoms. The standard InChI is InChI=1S/C11H15F10N3O/c1-24(2,3)6-4-5-22-7(25)8(12,13)9(14,15)23(10(16,17)18)11(19,20)21/h4-6H2,1-3H3/p+1. The van der Waals surface area contributed by atoms with Gasteiger partial charge in [0, 0.05) is 13.0 Å². The number of hydrogen-bond acceptors (Lipinski definition) is 2. The van der Waals surface area contributed by atoms with Gasteiger partial charge in [-0.05, 0) is 0 Å². The molecule has 0 unspecified atom stereocenters. The van der Waals surface area contributed by atoms with E-state index in [4.69, 9.17) is 0 Å². The van der Waals surface area contributed by atoms with Crippen LogP contribution >= 0.6 is 0 Å². The first kappa shape index (κ1) is 23.7. The van der Waals surface area contributed by atoms with Crippen LogP contribution in [0.4, 0.5) is 43.9 Å². The lowest BCUT2D eigenvalue weighted by Gasteiger charge is -2.36. The second-order valence-corrected chi connectivity index (χ2v) is 6.01. The van der Waals surface area contributed by atoms with Crippen molar-refractivity contribution in [3.8, 4) is 0 Å². The van der Waals surface area contributed by atoms with Gasteiger partial charge in [0.1, 0.15) is 0 Å². The Bertz CT molecular complexity index is 452. The van der Waals surface area contributed by atoms with E-state index in [2.05, 4.69) is 0 Å². The van der Waals surface area contributed by atoms with Gasteiger partial charge in [0.25, 0.3) is 5.91 Å². The zero-order chi connectivity index (χ0) is 20.5. The Kier molecular flexibility index (Phi) is 6.76. The van der Waals surface area contributed by atoms with Gasteiger partial charge in [-0.25, -0.2) is 0 Å². The van der Waals surface area contributed by atoms with Gasteiger partial charge in [0.05, 0.1) is 27.7 Å². The minimum absolute atomic E-state index is 0.0286. The number of halogens is 10. The topological polar surface area (TPSA) is 32.3 Å². The molecule has 0 aromatic carbocycles. The van der Waals surface area contributed by atoms with Crippen LogP contribution in [0.1, 0.15) is 6.42 Å². The van der Waals surface area contributed by atoms with E-state index in [-0.39, 0.29) is 13.0 Å². The van der Waals surface area contributed by atoms with Crippen molar-refractivity contribution in [2.24, 2.45) is 0 Å². The van der Waals surface area contributed by atoms with Gasteiger partial charge in [-0.2, -0.15) is 43.9 Å². The number of nitrogens with zero attached hydrogens (tertiary/aromatic N) is 2. The lowest BCUT2D eigenvalue weighted by molar-refractivity contribution is -0.870. The molecule has 0 aliphatic rings. The number of nitrogens with one attached hydrogen (secondary N) is 1. The van der Waals surface area contributed by atoms with Gasteiger partial charge in [-0.1, -0.05) is 4.90 Å². The Balaban J connectivity index is 5.33. The molecule has 1 N–H and O–H groups in total. The summed E-state index contributed by atoms with van der Waals surface area (Å²) in [5.74, 6) is -9.23. The highest BCUT2D eigenvalue weighted by atomic mass is 19.4. The molecule has 1 amide bonds. The van der Waals surface area contributed by atoms with E-state index in [1.165, 1.54) is 5.32 Å². The van der Waals surface area contributed by atoms with Gasteiger partial charge in [-0.3, -0.25) is 4.79 Å². The summed E-state index contributed by atoms with van der Waals surface area (Å²) in [6.07, 6.45) is -13.8. The van der Waals surface area contributed by atoms with Crippen LogP contribution in [0.3, 0.4) is 0 Å². The van der Waals surface area contributed by atoms with E-state index < -0.39 is 41.9 Å². The number of carbonyl (C=O) groups is 1. The first-order valence-corrected chi connectivity index (χ1v) is 6.53. The molecule has 25 heavy (non-hydrogen) atoms. The Hall–Kier alpha value is -1.31. The predicted molar refractivity (Wildman–Crippen MR) is 64.4 cm³/mol. The van der Waals surface area contributed by atoms with Gasteiger partial charge in [-0.15, -0.1) is 0 Å². The van der Waals surface area contributed by atoms with Gasteiger partial charge >= 0.3 is 24.6 Å². The summed E-state index contributed by atoms with van der Waals surface area (Å²) >= 11 is 0. The summed E-state index contributed by atoms with van der Waals surface area (Å²) in [6.45, 7) is -0.377. The fraction of sp³-hybridized carbons (Fsp3) is 0.909. The highest BCUT2D eigenvalue weighted by Gasteiger charge is 2.77. The molecular formula is C11H16F10N3O+. The number of hydrogen-bond donors (Lipinski definition) is 1. The SMILES string of the molecule is C[N+](C)(C)CCCNC(=O)C(F)(F)C(F)(F)N(C(F)(F)F)C(F)(F)F. The minimum atomic E-state index is -6.89. The molecule has 0 bridgehead atoms. The maximum absolute atomic E-state index is 13.4. The van der Waals surface area contributed by atoms with Crippen LogP contribution in [-0.2, 0) is 4.79 Å². The Morgan fingerprint density at radius 3 is 1.60 bits per heavy atom. The summed E-state index contributed by atoms with van der Waals surface area (Å²) in [6, 6.07) is -6.88. The first-order valence-electron chi connectivity index (χ1n) is 6.53. The van der Waals surface area contributed by atoms with Crippen molar-refractivity contribution >= 4 is 5.91 Å². The van der Waals surface area contributed by atoms with Gasteiger partial charge < -0.3 is 9.80 Å². The van der Waals surface area contributed by atoms with Crippen molar-refractivity contribution in [1.29, 1.82) is 0 Å². The van der Waals surface area contributed by atoms with Crippen LogP contribution in [0.2, 0.25) is 0 Å². The van der Waals surface area contributed by atoms with Crippen molar-refractivity contribution in [3.63, 3.8) is 0 Å². The molecule has 0 radical (unpaired) electrons. The highest BCUT2D eigenvalue weighted by Crippen LogP contribution is 2.48. The summed E-state index contributed by atoms with van der Waals surface area (Å²) in [7, 11) is 4.99. The van der Waals surface area contributed by atoms with Crippen LogP contribution in [0.5, 0.6) is 0 Å². The largest absolute Gasteiger partial charge is 0.472 e. The van der Waals surface area contributed by atoms with Crippen molar-refractivity contribution in [2.45, 2.75) is 31.0 Å². The molecule has 4 nitrogen and oxygen atoms in total. The van der Waals surface area contributed by atoms with Crippen LogP contribution in [0.25, 0.3) is 0 Å². The predicted octanol–water partition coefficient (Wildman–Crippen LogP) is 2.77. The lowest BCUT2D eigenvalue weighted by Crippen LogP contribution is -2.68. The maximum Gasteiger partial charge on any atom is 0.472 e. The molecular weight excluding hydrogens is 380 g/mol. The third-order valence-corrected chi connectivity index (χ3v) is 2.74. The molecule has 0 fully saturated rings. The monoisotopic (exact) mass is 396 g/mol. The van der Waals surface area contributed by atoms with Crippen LogP contribution in [0.15, 0.2) is 0 Å². The van der Waals surface area contributed by atoms with Crippen molar-refractivity contribution in [1.82, 2.24) is 10.2 Å². The molecule has 14 heteroatoms. The number of alkyl halides is 10. The Morgan fingerprint density at radius 2 is 1.28 bits per heavy atom. The van der Waals surface area contributed by atoms with Crippen molar-refractivity contribution in [2.75, 3.05) is 34.2 Å². The third-order valence-electron chi connectivity index (χ3n) is 2.74. The quantitative estimate of drug-likeness (QED) is 0.311. The van der Waals surface area contributed by atoms with Gasteiger partial charge in [0.15, 0.2) is 0 Å². The molecule has 0 saturated carbocycles. The zero-order valence-electron chi connectivity index (χ0n) is 13.2. The van der Waals surface area contributed by atoms with Crippen LogP contribution < -0.4 is 5.32 Å². The molecule has 0 aliphatic heterocycles. The summed E-state index contributed by atoms with van der Waals surface area (Å²) < 4.78 is 127. The van der Waals surface area contributed by atoms with E-state index in [9.17, 15) is 48.7 Å². The number of carbonyl (C=O) groups excluding carboxylic acids is 1. The molecule has 0 aromatic heterocycles. The molecule has 0 aromatic rings. The summed E-state index contributed by atoms with van der Waals surface area (Å²) in [4.78, 5) is 7.49. The number of rotatable bonds is 7. The average molecular weight is 396 g/mol. The van der Waals surface area contributed by atoms with E-state index in [1.54, 1.807) is 21.1 Å². The fourth-order valence-corrected chi connectivity index (χ4v) is 1.61. The third kappa shape index (κ3) is 6.17. The van der Waals surface area contributed by atoms with E-state index in [0.29, 0.717) is 4.48 Å². The molecule has 0 rings (SSSR count). The Morgan fingerprint density at radius 1 is 0.880 bits per heavy atom.